The molecule has 0 unspecified atom stereocenters. The summed E-state index contributed by atoms with van der Waals surface area (Å²) in [6.07, 6.45) is -0.279. The Balaban J connectivity index is 1.86. The fourth-order valence-electron chi connectivity index (χ4n) is 2.67. The molecule has 0 radical (unpaired) electrons. The van der Waals surface area contributed by atoms with Gasteiger partial charge in [-0.05, 0) is 39.0 Å². The van der Waals surface area contributed by atoms with Crippen LogP contribution in [0.15, 0.2) is 18.2 Å². The van der Waals surface area contributed by atoms with Gasteiger partial charge in [-0.3, -0.25) is 4.79 Å². The zero-order valence-electron chi connectivity index (χ0n) is 16.5. The van der Waals surface area contributed by atoms with Crippen molar-refractivity contribution in [1.82, 2.24) is 4.90 Å². The van der Waals surface area contributed by atoms with E-state index >= 15 is 0 Å². The van der Waals surface area contributed by atoms with E-state index in [4.69, 9.17) is 19.9 Å². The zero-order valence-corrected chi connectivity index (χ0v) is 16.5. The Morgan fingerprint density at radius 2 is 1.78 bits per heavy atom. The molecule has 1 aromatic rings. The molecule has 1 heterocycles. The molecule has 2 N–H and O–H groups in total. The first-order valence-corrected chi connectivity index (χ1v) is 9.04. The van der Waals surface area contributed by atoms with E-state index in [9.17, 15) is 9.59 Å². The maximum absolute atomic E-state index is 12.1. The molecule has 150 valence electrons. The van der Waals surface area contributed by atoms with Crippen molar-refractivity contribution >= 4 is 23.4 Å². The zero-order chi connectivity index (χ0) is 20.0. The van der Waals surface area contributed by atoms with Crippen LogP contribution in [-0.2, 0) is 14.3 Å². The van der Waals surface area contributed by atoms with Crippen LogP contribution < -0.4 is 15.4 Å². The number of piperazine rings is 1. The first-order chi connectivity index (χ1) is 12.7. The molecule has 27 heavy (non-hydrogen) atoms. The molecule has 1 saturated heterocycles. The van der Waals surface area contributed by atoms with Crippen LogP contribution >= 0.6 is 0 Å². The molecule has 1 aliphatic rings. The summed E-state index contributed by atoms with van der Waals surface area (Å²) >= 11 is 0. The second-order valence-corrected chi connectivity index (χ2v) is 7.37. The number of anilines is 2. The molecular formula is C19H29N3O5. The van der Waals surface area contributed by atoms with E-state index < -0.39 is 5.60 Å². The summed E-state index contributed by atoms with van der Waals surface area (Å²) in [5.74, 6) is 0.214. The first kappa shape index (κ1) is 20.7. The number of nitrogen functional groups attached to an aromatic ring is 1. The molecule has 8 heteroatoms. The fraction of sp³-hybridized carbons (Fsp3) is 0.579. The molecule has 0 saturated carbocycles. The number of nitrogens with two attached hydrogens (primary N) is 1. The normalized spacial score (nSPS) is 14.7. The second kappa shape index (κ2) is 8.83. The Labute approximate surface area is 160 Å². The lowest BCUT2D eigenvalue weighted by Gasteiger charge is -2.36. The Morgan fingerprint density at radius 3 is 2.33 bits per heavy atom. The second-order valence-electron chi connectivity index (χ2n) is 7.37. The van der Waals surface area contributed by atoms with Gasteiger partial charge in [-0.15, -0.1) is 0 Å². The van der Waals surface area contributed by atoms with Crippen molar-refractivity contribution < 1.29 is 23.8 Å². The molecule has 1 amide bonds. The van der Waals surface area contributed by atoms with Crippen LogP contribution in [0.5, 0.6) is 5.75 Å². The number of nitrogens with zero attached hydrogens (tertiary/aromatic N) is 2. The summed E-state index contributed by atoms with van der Waals surface area (Å²) < 4.78 is 15.8. The lowest BCUT2D eigenvalue weighted by atomic mass is 10.2. The molecule has 1 aliphatic heterocycles. The highest BCUT2D eigenvalue weighted by Crippen LogP contribution is 2.28. The van der Waals surface area contributed by atoms with E-state index in [0.29, 0.717) is 37.6 Å². The smallest absolute Gasteiger partial charge is 0.410 e. The lowest BCUT2D eigenvalue weighted by molar-refractivity contribution is -0.141. The van der Waals surface area contributed by atoms with Gasteiger partial charge >= 0.3 is 12.1 Å². The van der Waals surface area contributed by atoms with Gasteiger partial charge < -0.3 is 29.7 Å². The molecular weight excluding hydrogens is 350 g/mol. The van der Waals surface area contributed by atoms with Crippen LogP contribution in [0.1, 0.15) is 27.7 Å². The number of carbonyl (C=O) groups excluding carboxylic acids is 2. The predicted molar refractivity (Wildman–Crippen MR) is 103 cm³/mol. The number of esters is 1. The number of rotatable bonds is 5. The number of carbonyl (C=O) groups is 2. The lowest BCUT2D eigenvalue weighted by Crippen LogP contribution is -2.50. The highest BCUT2D eigenvalue weighted by atomic mass is 16.6. The summed E-state index contributed by atoms with van der Waals surface area (Å²) in [6, 6.07) is 5.59. The van der Waals surface area contributed by atoms with E-state index in [1.807, 2.05) is 32.9 Å². The van der Waals surface area contributed by atoms with Gasteiger partial charge in [-0.2, -0.15) is 0 Å². The van der Waals surface area contributed by atoms with Gasteiger partial charge in [0, 0.05) is 38.8 Å². The van der Waals surface area contributed by atoms with Crippen LogP contribution in [0.4, 0.5) is 16.2 Å². The Kier molecular flexibility index (Phi) is 6.76. The van der Waals surface area contributed by atoms with E-state index in [2.05, 4.69) is 4.90 Å². The van der Waals surface area contributed by atoms with Crippen molar-refractivity contribution in [2.75, 3.05) is 50.0 Å². The third kappa shape index (κ3) is 6.54. The van der Waals surface area contributed by atoms with E-state index in [1.165, 1.54) is 6.92 Å². The summed E-state index contributed by atoms with van der Waals surface area (Å²) in [7, 11) is 0. The standard InChI is InChI=1S/C19H29N3O5/c1-14(23)25-11-12-26-17-6-5-15(13-16(17)20)21-7-9-22(10-8-21)18(24)27-19(2,3)4/h5-6,13H,7-12,20H2,1-4H3. The van der Waals surface area contributed by atoms with Crippen molar-refractivity contribution in [1.29, 1.82) is 0 Å². The van der Waals surface area contributed by atoms with E-state index in [-0.39, 0.29) is 25.3 Å². The number of hydrogen-bond acceptors (Lipinski definition) is 7. The van der Waals surface area contributed by atoms with Crippen LogP contribution in [0.2, 0.25) is 0 Å². The molecule has 1 aromatic carbocycles. The molecule has 0 spiro atoms. The predicted octanol–water partition coefficient (Wildman–Crippen LogP) is 2.27. The van der Waals surface area contributed by atoms with Gasteiger partial charge in [0.1, 0.15) is 24.6 Å². The van der Waals surface area contributed by atoms with E-state index in [0.717, 1.165) is 5.69 Å². The summed E-state index contributed by atoms with van der Waals surface area (Å²) in [5, 5.41) is 0. The van der Waals surface area contributed by atoms with Gasteiger partial charge in [0.25, 0.3) is 0 Å². The average Bonchev–Trinajstić information content (AvgIpc) is 2.58. The first-order valence-electron chi connectivity index (χ1n) is 9.04. The largest absolute Gasteiger partial charge is 0.488 e. The maximum Gasteiger partial charge on any atom is 0.410 e. The Hall–Kier alpha value is -2.64. The van der Waals surface area contributed by atoms with Gasteiger partial charge in [-0.25, -0.2) is 4.79 Å². The molecule has 2 rings (SSSR count). The highest BCUT2D eigenvalue weighted by Gasteiger charge is 2.26. The van der Waals surface area contributed by atoms with Crippen molar-refractivity contribution in [2.24, 2.45) is 0 Å². The quantitative estimate of drug-likeness (QED) is 0.476. The minimum Gasteiger partial charge on any atom is -0.488 e. The van der Waals surface area contributed by atoms with Crippen LogP contribution in [0.3, 0.4) is 0 Å². The fourth-order valence-corrected chi connectivity index (χ4v) is 2.67. The SMILES string of the molecule is CC(=O)OCCOc1ccc(N2CCN(C(=O)OC(C)(C)C)CC2)cc1N. The minimum absolute atomic E-state index is 0.184. The van der Waals surface area contributed by atoms with Gasteiger partial charge in [0.2, 0.25) is 0 Å². The third-order valence-corrected chi connectivity index (χ3v) is 3.94. The topological polar surface area (TPSA) is 94.3 Å². The number of benzene rings is 1. The summed E-state index contributed by atoms with van der Waals surface area (Å²) in [4.78, 5) is 26.8. The summed E-state index contributed by atoms with van der Waals surface area (Å²) in [6.45, 7) is 9.95. The van der Waals surface area contributed by atoms with E-state index in [1.54, 1.807) is 11.0 Å². The number of ether oxygens (including phenoxy) is 3. The van der Waals surface area contributed by atoms with Crippen molar-refractivity contribution in [2.45, 2.75) is 33.3 Å². The summed E-state index contributed by atoms with van der Waals surface area (Å²) in [5.41, 5.74) is 7.07. The van der Waals surface area contributed by atoms with Crippen LogP contribution in [0, 0.1) is 0 Å². The number of amides is 1. The minimum atomic E-state index is -0.492. The highest BCUT2D eigenvalue weighted by molar-refractivity contribution is 5.69. The molecule has 0 aromatic heterocycles. The Bertz CT molecular complexity index is 664. The Morgan fingerprint density at radius 1 is 1.11 bits per heavy atom. The molecule has 0 aliphatic carbocycles. The molecule has 8 nitrogen and oxygen atoms in total. The van der Waals surface area contributed by atoms with Crippen molar-refractivity contribution in [3.05, 3.63) is 18.2 Å². The van der Waals surface area contributed by atoms with Crippen LogP contribution in [-0.4, -0.2) is 62.0 Å². The molecule has 1 fully saturated rings. The van der Waals surface area contributed by atoms with Gasteiger partial charge in [-0.1, -0.05) is 0 Å². The third-order valence-electron chi connectivity index (χ3n) is 3.94. The van der Waals surface area contributed by atoms with Crippen molar-refractivity contribution in [3.63, 3.8) is 0 Å². The van der Waals surface area contributed by atoms with Gasteiger partial charge in [0.05, 0.1) is 5.69 Å². The maximum atomic E-state index is 12.1. The van der Waals surface area contributed by atoms with Gasteiger partial charge in [0.15, 0.2) is 0 Å². The average molecular weight is 379 g/mol. The van der Waals surface area contributed by atoms with Crippen LogP contribution in [0.25, 0.3) is 0 Å². The molecule has 0 bridgehead atoms. The number of hydrogen-bond donors (Lipinski definition) is 1. The molecule has 0 atom stereocenters. The van der Waals surface area contributed by atoms with Crippen molar-refractivity contribution in [3.8, 4) is 5.75 Å². The monoisotopic (exact) mass is 379 g/mol.